The molecule has 0 N–H and O–H groups in total. The summed E-state index contributed by atoms with van der Waals surface area (Å²) in [5.74, 6) is -0.368. The average Bonchev–Trinajstić information content (AvgIpc) is 2.57. The Bertz CT molecular complexity index is 491. The van der Waals surface area contributed by atoms with E-state index < -0.39 is 23.5 Å². The zero-order valence-electron chi connectivity index (χ0n) is 14.1. The molecule has 0 spiro atoms. The molecule has 1 fully saturated rings. The molecule has 124 valence electrons. The number of fused-ring (bicyclic) bond motifs is 1. The molecule has 1 saturated heterocycles. The van der Waals surface area contributed by atoms with E-state index in [-0.39, 0.29) is 18.1 Å². The number of nitrogens with zero attached hydrogens (tertiary/aromatic N) is 1. The lowest BCUT2D eigenvalue weighted by Gasteiger charge is -2.35. The highest BCUT2D eigenvalue weighted by molar-refractivity contribution is 5.70. The summed E-state index contributed by atoms with van der Waals surface area (Å²) in [5, 5.41) is 0. The molecular weight excluding hydrogens is 286 g/mol. The minimum Gasteiger partial charge on any atom is -0.455 e. The molecule has 1 aliphatic heterocycles. The van der Waals surface area contributed by atoms with Crippen LogP contribution in [0.4, 0.5) is 4.79 Å². The van der Waals surface area contributed by atoms with Crippen LogP contribution in [-0.4, -0.2) is 46.5 Å². The van der Waals surface area contributed by atoms with Gasteiger partial charge < -0.3 is 14.2 Å². The molecule has 0 saturated carbocycles. The molecule has 1 amide bonds. The molecule has 2 rings (SSSR count). The number of hydrogen-bond acceptors (Lipinski definition) is 5. The van der Waals surface area contributed by atoms with Gasteiger partial charge in [-0.05, 0) is 47.1 Å². The van der Waals surface area contributed by atoms with Crippen LogP contribution in [0.2, 0.25) is 0 Å². The molecular formula is C16H25NO5. The third-order valence-electron chi connectivity index (χ3n) is 3.63. The SMILES string of the molecule is CC(=O)O[C@@H]1C=CC[C@@H]2[C@@H]1OC(C)(C)N2C(=O)OC(C)(C)C. The second-order valence-corrected chi connectivity index (χ2v) is 7.18. The molecule has 0 aromatic rings. The average molecular weight is 311 g/mol. The Kier molecular flexibility index (Phi) is 4.26. The molecule has 0 bridgehead atoms. The first-order valence-corrected chi connectivity index (χ1v) is 7.55. The van der Waals surface area contributed by atoms with Gasteiger partial charge in [0.05, 0.1) is 6.04 Å². The molecule has 0 aromatic carbocycles. The predicted octanol–water partition coefficient (Wildman–Crippen LogP) is 2.62. The van der Waals surface area contributed by atoms with Gasteiger partial charge in [0.1, 0.15) is 23.5 Å². The first kappa shape index (κ1) is 16.8. The van der Waals surface area contributed by atoms with Crippen LogP contribution in [-0.2, 0) is 19.0 Å². The molecule has 0 aromatic heterocycles. The Hall–Kier alpha value is -1.56. The summed E-state index contributed by atoms with van der Waals surface area (Å²) in [7, 11) is 0. The monoisotopic (exact) mass is 311 g/mol. The molecule has 6 nitrogen and oxygen atoms in total. The van der Waals surface area contributed by atoms with Crippen molar-refractivity contribution in [1.29, 1.82) is 0 Å². The van der Waals surface area contributed by atoms with Crippen LogP contribution < -0.4 is 0 Å². The maximum atomic E-state index is 12.6. The molecule has 2 aliphatic rings. The summed E-state index contributed by atoms with van der Waals surface area (Å²) in [4.78, 5) is 25.4. The van der Waals surface area contributed by atoms with Crippen LogP contribution in [0.25, 0.3) is 0 Å². The lowest BCUT2D eigenvalue weighted by Crippen LogP contribution is -2.51. The summed E-state index contributed by atoms with van der Waals surface area (Å²) < 4.78 is 16.8. The molecule has 3 atom stereocenters. The van der Waals surface area contributed by atoms with Gasteiger partial charge in [0.15, 0.2) is 0 Å². The predicted molar refractivity (Wildman–Crippen MR) is 80.1 cm³/mol. The van der Waals surface area contributed by atoms with Crippen LogP contribution in [0.1, 0.15) is 48.0 Å². The maximum Gasteiger partial charge on any atom is 0.412 e. The highest BCUT2D eigenvalue weighted by Gasteiger charge is 2.54. The fourth-order valence-electron chi connectivity index (χ4n) is 2.97. The van der Waals surface area contributed by atoms with E-state index in [0.717, 1.165) is 0 Å². The summed E-state index contributed by atoms with van der Waals surface area (Å²) in [6.07, 6.45) is 3.10. The van der Waals surface area contributed by atoms with Crippen molar-refractivity contribution in [2.75, 3.05) is 0 Å². The molecule has 1 heterocycles. The fourth-order valence-corrected chi connectivity index (χ4v) is 2.97. The molecule has 0 radical (unpaired) electrons. The van der Waals surface area contributed by atoms with E-state index in [4.69, 9.17) is 14.2 Å². The van der Waals surface area contributed by atoms with Gasteiger partial charge in [-0.1, -0.05) is 6.08 Å². The summed E-state index contributed by atoms with van der Waals surface area (Å²) in [5.41, 5.74) is -1.40. The van der Waals surface area contributed by atoms with E-state index in [1.165, 1.54) is 6.92 Å². The van der Waals surface area contributed by atoms with Gasteiger partial charge in [0, 0.05) is 6.92 Å². The summed E-state index contributed by atoms with van der Waals surface area (Å²) in [6.45, 7) is 10.5. The first-order valence-electron chi connectivity index (χ1n) is 7.55. The summed E-state index contributed by atoms with van der Waals surface area (Å²) in [6, 6.07) is -0.209. The van der Waals surface area contributed by atoms with E-state index in [9.17, 15) is 9.59 Å². The fraction of sp³-hybridized carbons (Fsp3) is 0.750. The minimum atomic E-state index is -0.817. The van der Waals surface area contributed by atoms with Gasteiger partial charge >= 0.3 is 12.1 Å². The molecule has 6 heteroatoms. The lowest BCUT2D eigenvalue weighted by molar-refractivity contribution is -0.154. The minimum absolute atomic E-state index is 0.209. The topological polar surface area (TPSA) is 65.1 Å². The van der Waals surface area contributed by atoms with Crippen LogP contribution in [0, 0.1) is 0 Å². The van der Waals surface area contributed by atoms with Crippen molar-refractivity contribution in [3.05, 3.63) is 12.2 Å². The maximum absolute atomic E-state index is 12.6. The van der Waals surface area contributed by atoms with Crippen LogP contribution in [0.5, 0.6) is 0 Å². The number of carbonyl (C=O) groups is 2. The Morgan fingerprint density at radius 3 is 2.50 bits per heavy atom. The third-order valence-corrected chi connectivity index (χ3v) is 3.63. The summed E-state index contributed by atoms with van der Waals surface area (Å²) >= 11 is 0. The van der Waals surface area contributed by atoms with Crippen molar-refractivity contribution in [2.45, 2.75) is 77.5 Å². The van der Waals surface area contributed by atoms with Crippen LogP contribution in [0.15, 0.2) is 12.2 Å². The number of carbonyl (C=O) groups excluding carboxylic acids is 2. The van der Waals surface area contributed by atoms with Gasteiger partial charge in [-0.25, -0.2) is 4.79 Å². The lowest BCUT2D eigenvalue weighted by atomic mass is 9.95. The third kappa shape index (κ3) is 3.43. The van der Waals surface area contributed by atoms with Crippen molar-refractivity contribution in [2.24, 2.45) is 0 Å². The quantitative estimate of drug-likeness (QED) is 0.550. The largest absolute Gasteiger partial charge is 0.455 e. The Morgan fingerprint density at radius 2 is 1.95 bits per heavy atom. The standard InChI is InChI=1S/C16H25NO5/c1-10(18)20-12-9-7-8-11-13(12)21-16(5,6)17(11)14(19)22-15(2,3)4/h7,9,11-13H,8H2,1-6H3/t11-,12-,13+/m1/s1. The zero-order chi connectivity index (χ0) is 16.7. The van der Waals surface area contributed by atoms with Gasteiger partial charge in [0.25, 0.3) is 0 Å². The zero-order valence-corrected chi connectivity index (χ0v) is 14.1. The van der Waals surface area contributed by atoms with Crippen molar-refractivity contribution in [3.63, 3.8) is 0 Å². The second kappa shape index (κ2) is 5.57. The van der Waals surface area contributed by atoms with Crippen LogP contribution in [0.3, 0.4) is 0 Å². The highest BCUT2D eigenvalue weighted by Crippen LogP contribution is 2.39. The van der Waals surface area contributed by atoms with Crippen molar-refractivity contribution in [3.8, 4) is 0 Å². The Morgan fingerprint density at radius 1 is 1.32 bits per heavy atom. The van der Waals surface area contributed by atoms with Gasteiger partial charge in [-0.2, -0.15) is 0 Å². The number of rotatable bonds is 1. The van der Waals surface area contributed by atoms with E-state index >= 15 is 0 Å². The molecule has 22 heavy (non-hydrogen) atoms. The van der Waals surface area contributed by atoms with Crippen molar-refractivity contribution < 1.29 is 23.8 Å². The van der Waals surface area contributed by atoms with Gasteiger partial charge in [-0.15, -0.1) is 0 Å². The van der Waals surface area contributed by atoms with Crippen LogP contribution >= 0.6 is 0 Å². The van der Waals surface area contributed by atoms with Crippen molar-refractivity contribution in [1.82, 2.24) is 4.90 Å². The van der Waals surface area contributed by atoms with Crippen molar-refractivity contribution >= 4 is 12.1 Å². The first-order chi connectivity index (χ1) is 10.0. The smallest absolute Gasteiger partial charge is 0.412 e. The van der Waals surface area contributed by atoms with Gasteiger partial charge in [-0.3, -0.25) is 9.69 Å². The highest BCUT2D eigenvalue weighted by atomic mass is 16.6. The van der Waals surface area contributed by atoms with E-state index in [1.807, 2.05) is 46.8 Å². The van der Waals surface area contributed by atoms with Gasteiger partial charge in [0.2, 0.25) is 0 Å². The Balaban J connectivity index is 2.23. The normalized spacial score (nSPS) is 29.9. The number of amides is 1. The Labute approximate surface area is 131 Å². The van der Waals surface area contributed by atoms with E-state index in [0.29, 0.717) is 6.42 Å². The molecule has 1 aliphatic carbocycles. The number of esters is 1. The molecule has 0 unspecified atom stereocenters. The second-order valence-electron chi connectivity index (χ2n) is 7.18. The van der Waals surface area contributed by atoms with E-state index in [1.54, 1.807) is 4.90 Å². The van der Waals surface area contributed by atoms with E-state index in [2.05, 4.69) is 0 Å². The number of ether oxygens (including phenoxy) is 3. The number of hydrogen-bond donors (Lipinski definition) is 0.